The Kier molecular flexibility index (Phi) is 7.01. The van der Waals surface area contributed by atoms with Crippen LogP contribution in [0.25, 0.3) is 0 Å². The molecule has 1 aromatic heterocycles. The summed E-state index contributed by atoms with van der Waals surface area (Å²) in [6.45, 7) is 4.19. The summed E-state index contributed by atoms with van der Waals surface area (Å²) in [6, 6.07) is 4.95. The van der Waals surface area contributed by atoms with Crippen molar-refractivity contribution < 1.29 is 37.5 Å². The van der Waals surface area contributed by atoms with Crippen molar-refractivity contribution in [2.75, 3.05) is 14.1 Å². The fraction of sp³-hybridized carbons (Fsp3) is 0.500. The molecule has 1 aromatic rings. The predicted octanol–water partition coefficient (Wildman–Crippen LogP) is 1.63. The maximum atomic E-state index is 11.4. The Hall–Kier alpha value is -0.276. The van der Waals surface area contributed by atoms with Crippen LogP contribution in [0.3, 0.4) is 0 Å². The minimum atomic E-state index is 0. The number of hydrogen-bond donors (Lipinski definition) is 0. The second-order valence-corrected chi connectivity index (χ2v) is 4.11. The molecule has 0 bridgehead atoms. The largest absolute Gasteiger partial charge is 0.387 e. The fourth-order valence-corrected chi connectivity index (χ4v) is 1.12. The molecule has 0 saturated carbocycles. The molecule has 1 rings (SSSR count). The molecular formula is C12H17N2OY-. The third kappa shape index (κ3) is 4.71. The average molecular weight is 294 g/mol. The summed E-state index contributed by atoms with van der Waals surface area (Å²) in [7, 11) is 3.49. The quantitative estimate of drug-likeness (QED) is 0.794. The smallest absolute Gasteiger partial charge is 0.216 e. The van der Waals surface area contributed by atoms with Gasteiger partial charge in [0.2, 0.25) is 5.91 Å². The number of rotatable bonds is 3. The number of hydrogen-bond acceptors (Lipinski definition) is 2. The molecule has 0 saturated heterocycles. The van der Waals surface area contributed by atoms with E-state index in [9.17, 15) is 4.79 Å². The summed E-state index contributed by atoms with van der Waals surface area (Å²) in [5, 5.41) is 0. The van der Waals surface area contributed by atoms with Gasteiger partial charge in [-0.05, 0) is 5.92 Å². The third-order valence-corrected chi connectivity index (χ3v) is 2.23. The molecule has 0 fully saturated rings. The van der Waals surface area contributed by atoms with Crippen molar-refractivity contribution in [1.82, 2.24) is 9.88 Å². The normalized spacial score (nSPS) is 9.81. The van der Waals surface area contributed by atoms with Crippen LogP contribution in [0, 0.1) is 6.07 Å². The SMILES string of the molecule is CC(C)c1[c-]cc(CC(=O)N(C)C)nc1.[Y]. The Morgan fingerprint density at radius 1 is 1.50 bits per heavy atom. The maximum Gasteiger partial charge on any atom is 0.216 e. The van der Waals surface area contributed by atoms with Gasteiger partial charge < -0.3 is 9.88 Å². The summed E-state index contributed by atoms with van der Waals surface area (Å²) in [5.41, 5.74) is 1.86. The Labute approximate surface area is 123 Å². The molecule has 0 spiro atoms. The first-order valence-electron chi connectivity index (χ1n) is 5.07. The molecule has 1 radical (unpaired) electrons. The van der Waals surface area contributed by atoms with Crippen molar-refractivity contribution in [3.63, 3.8) is 0 Å². The zero-order chi connectivity index (χ0) is 11.4. The monoisotopic (exact) mass is 294 g/mol. The number of carbonyl (C=O) groups excluding carboxylic acids is 1. The van der Waals surface area contributed by atoms with E-state index in [4.69, 9.17) is 0 Å². The summed E-state index contributed by atoms with van der Waals surface area (Å²) < 4.78 is 0. The number of nitrogens with zero attached hydrogens (tertiary/aromatic N) is 2. The summed E-state index contributed by atoms with van der Waals surface area (Å²) >= 11 is 0. The van der Waals surface area contributed by atoms with Gasteiger partial charge in [-0.25, -0.2) is 0 Å². The van der Waals surface area contributed by atoms with Crippen LogP contribution in [-0.2, 0) is 43.9 Å². The van der Waals surface area contributed by atoms with Gasteiger partial charge in [-0.3, -0.25) is 4.79 Å². The van der Waals surface area contributed by atoms with Crippen molar-refractivity contribution in [2.45, 2.75) is 26.2 Å². The van der Waals surface area contributed by atoms with Crippen LogP contribution < -0.4 is 0 Å². The van der Waals surface area contributed by atoms with Crippen LogP contribution in [0.15, 0.2) is 12.3 Å². The van der Waals surface area contributed by atoms with Gasteiger partial charge in [-0.15, -0.1) is 5.56 Å². The van der Waals surface area contributed by atoms with Gasteiger partial charge in [0.25, 0.3) is 0 Å². The van der Waals surface area contributed by atoms with Crippen molar-refractivity contribution >= 4 is 5.91 Å². The average Bonchev–Trinajstić information content (AvgIpc) is 2.18. The molecule has 3 nitrogen and oxygen atoms in total. The number of pyridine rings is 1. The fourth-order valence-electron chi connectivity index (χ4n) is 1.12. The number of aromatic nitrogens is 1. The molecule has 0 aromatic carbocycles. The van der Waals surface area contributed by atoms with E-state index in [0.717, 1.165) is 11.3 Å². The minimum absolute atomic E-state index is 0. The van der Waals surface area contributed by atoms with E-state index in [2.05, 4.69) is 24.9 Å². The molecular weight excluding hydrogens is 277 g/mol. The minimum Gasteiger partial charge on any atom is -0.387 e. The van der Waals surface area contributed by atoms with E-state index in [1.54, 1.807) is 31.3 Å². The van der Waals surface area contributed by atoms with Crippen molar-refractivity contribution in [3.8, 4) is 0 Å². The van der Waals surface area contributed by atoms with Crippen molar-refractivity contribution in [1.29, 1.82) is 0 Å². The van der Waals surface area contributed by atoms with Crippen molar-refractivity contribution in [3.05, 3.63) is 29.6 Å². The first-order chi connectivity index (χ1) is 7.00. The van der Waals surface area contributed by atoms with Crippen LogP contribution in [-0.4, -0.2) is 29.9 Å². The molecule has 0 aliphatic rings. The third-order valence-electron chi connectivity index (χ3n) is 2.23. The van der Waals surface area contributed by atoms with Gasteiger partial charge in [0, 0.05) is 53.2 Å². The van der Waals surface area contributed by atoms with E-state index in [1.807, 2.05) is 0 Å². The van der Waals surface area contributed by atoms with Crippen LogP contribution in [0.1, 0.15) is 31.0 Å². The van der Waals surface area contributed by atoms with Crippen LogP contribution in [0.4, 0.5) is 0 Å². The first-order valence-corrected chi connectivity index (χ1v) is 5.07. The molecule has 16 heavy (non-hydrogen) atoms. The molecule has 0 aliphatic carbocycles. The Bertz CT molecular complexity index is 333. The summed E-state index contributed by atoms with van der Waals surface area (Å²) in [5.74, 6) is 0.490. The predicted molar refractivity (Wildman–Crippen MR) is 59.6 cm³/mol. The van der Waals surface area contributed by atoms with Gasteiger partial charge in [0.05, 0.1) is 0 Å². The molecule has 0 atom stereocenters. The maximum absolute atomic E-state index is 11.4. The van der Waals surface area contributed by atoms with Crippen molar-refractivity contribution in [2.24, 2.45) is 0 Å². The van der Waals surface area contributed by atoms with Gasteiger partial charge in [0.15, 0.2) is 0 Å². The standard InChI is InChI=1S/C12H17N2O.Y/c1-9(2)10-5-6-11(13-8-10)7-12(15)14(3)4;/h6,8-9H,7H2,1-4H3;/q-1;. The van der Waals surface area contributed by atoms with Crippen LogP contribution in [0.2, 0.25) is 0 Å². The Balaban J connectivity index is 0.00000225. The van der Waals surface area contributed by atoms with E-state index in [-0.39, 0.29) is 38.6 Å². The van der Waals surface area contributed by atoms with Gasteiger partial charge in [0.1, 0.15) is 0 Å². The van der Waals surface area contributed by atoms with Crippen LogP contribution in [0.5, 0.6) is 0 Å². The Morgan fingerprint density at radius 3 is 2.50 bits per heavy atom. The van der Waals surface area contributed by atoms with E-state index in [1.165, 1.54) is 0 Å². The zero-order valence-electron chi connectivity index (χ0n) is 10.3. The summed E-state index contributed by atoms with van der Waals surface area (Å²) in [6.07, 6.45) is 2.14. The second kappa shape index (κ2) is 7.13. The molecule has 0 N–H and O–H groups in total. The first kappa shape index (κ1) is 15.7. The summed E-state index contributed by atoms with van der Waals surface area (Å²) in [4.78, 5) is 17.2. The molecule has 0 unspecified atom stereocenters. The number of amides is 1. The molecule has 85 valence electrons. The number of likely N-dealkylation sites (N-methyl/N-ethyl adjacent to an activating group) is 1. The van der Waals surface area contributed by atoms with Crippen LogP contribution >= 0.6 is 0 Å². The topological polar surface area (TPSA) is 33.2 Å². The number of carbonyl (C=O) groups is 1. The Morgan fingerprint density at radius 2 is 2.12 bits per heavy atom. The molecule has 1 heterocycles. The molecule has 1 amide bonds. The van der Waals surface area contributed by atoms with E-state index >= 15 is 0 Å². The zero-order valence-corrected chi connectivity index (χ0v) is 13.2. The van der Waals surface area contributed by atoms with Gasteiger partial charge in [-0.1, -0.05) is 25.7 Å². The van der Waals surface area contributed by atoms with Gasteiger partial charge in [-0.2, -0.15) is 12.1 Å². The molecule has 0 aliphatic heterocycles. The second-order valence-electron chi connectivity index (χ2n) is 4.11. The molecule has 4 heteroatoms. The van der Waals surface area contributed by atoms with E-state index < -0.39 is 0 Å². The van der Waals surface area contributed by atoms with E-state index in [0.29, 0.717) is 12.3 Å². The van der Waals surface area contributed by atoms with Gasteiger partial charge >= 0.3 is 0 Å².